The van der Waals surface area contributed by atoms with Gasteiger partial charge in [0.25, 0.3) is 0 Å². The van der Waals surface area contributed by atoms with Crippen LogP contribution in [0.3, 0.4) is 0 Å². The predicted molar refractivity (Wildman–Crippen MR) is 144 cm³/mol. The third-order valence-electron chi connectivity index (χ3n) is 10.1. The van der Waals surface area contributed by atoms with Crippen LogP contribution in [0.1, 0.15) is 69.9 Å². The van der Waals surface area contributed by atoms with Gasteiger partial charge < -0.3 is 14.7 Å². The molecule has 5 heterocycles. The first-order chi connectivity index (χ1) is 18.5. The van der Waals surface area contributed by atoms with Crippen molar-refractivity contribution in [3.63, 3.8) is 0 Å². The Bertz CT molecular complexity index is 1310. The highest BCUT2D eigenvalue weighted by Gasteiger charge is 2.55. The van der Waals surface area contributed by atoms with Gasteiger partial charge in [-0.15, -0.1) is 0 Å². The maximum absolute atomic E-state index is 13.9. The van der Waals surface area contributed by atoms with Gasteiger partial charge in [0.1, 0.15) is 29.3 Å². The summed E-state index contributed by atoms with van der Waals surface area (Å²) in [4.78, 5) is 37.4. The lowest BCUT2D eigenvalue weighted by Gasteiger charge is -2.56. The molecule has 38 heavy (non-hydrogen) atoms. The van der Waals surface area contributed by atoms with Crippen LogP contribution in [0.5, 0.6) is 0 Å². The molecule has 1 amide bonds. The fourth-order valence-corrected chi connectivity index (χ4v) is 7.45. The molecule has 2 aliphatic carbocycles. The van der Waals surface area contributed by atoms with Crippen molar-refractivity contribution in [1.29, 1.82) is 5.26 Å². The zero-order valence-electron chi connectivity index (χ0n) is 22.4. The third kappa shape index (κ3) is 3.32. The van der Waals surface area contributed by atoms with E-state index in [-0.39, 0.29) is 23.0 Å². The van der Waals surface area contributed by atoms with Crippen molar-refractivity contribution in [3.05, 3.63) is 35.8 Å². The molecule has 0 unspecified atom stereocenters. The molecule has 5 aliphatic rings. The molecule has 4 fully saturated rings. The maximum Gasteiger partial charge on any atom is 0.243 e. The lowest BCUT2D eigenvalue weighted by atomic mass is 9.66. The molecule has 2 saturated heterocycles. The lowest BCUT2D eigenvalue weighted by Crippen LogP contribution is -2.70. The Morgan fingerprint density at radius 2 is 1.76 bits per heavy atom. The third-order valence-corrected chi connectivity index (χ3v) is 10.1. The Morgan fingerprint density at radius 1 is 1.00 bits per heavy atom. The molecular formula is C29H36N8O. The number of pyridine rings is 1. The van der Waals surface area contributed by atoms with Crippen molar-refractivity contribution >= 4 is 23.4 Å². The average molecular weight is 513 g/mol. The van der Waals surface area contributed by atoms with Crippen LogP contribution in [0.2, 0.25) is 0 Å². The minimum Gasteiger partial charge on any atom is -0.350 e. The molecule has 198 valence electrons. The van der Waals surface area contributed by atoms with Gasteiger partial charge in [-0.2, -0.15) is 5.26 Å². The van der Waals surface area contributed by atoms with Crippen LogP contribution in [0.25, 0.3) is 0 Å². The monoisotopic (exact) mass is 512 g/mol. The molecule has 1 spiro atoms. The molecule has 0 bridgehead atoms. The molecule has 9 nitrogen and oxygen atoms in total. The average Bonchev–Trinajstić information content (AvgIpc) is 3.22. The summed E-state index contributed by atoms with van der Waals surface area (Å²) in [6.07, 6.45) is 11.2. The number of aromatic nitrogens is 3. The summed E-state index contributed by atoms with van der Waals surface area (Å²) >= 11 is 0. The largest absolute Gasteiger partial charge is 0.350 e. The Kier molecular flexibility index (Phi) is 5.42. The minimum absolute atomic E-state index is 0.0135. The van der Waals surface area contributed by atoms with E-state index in [1.54, 1.807) is 18.6 Å². The molecule has 2 saturated carbocycles. The number of rotatable bonds is 4. The summed E-state index contributed by atoms with van der Waals surface area (Å²) in [6.45, 7) is 8.86. The molecule has 2 atom stereocenters. The van der Waals surface area contributed by atoms with Crippen LogP contribution in [0.15, 0.2) is 24.7 Å². The fourth-order valence-electron chi connectivity index (χ4n) is 7.45. The number of amides is 1. The number of piperazine rings is 1. The molecule has 0 N–H and O–H groups in total. The highest BCUT2D eigenvalue weighted by molar-refractivity contribution is 5.88. The first-order valence-electron chi connectivity index (χ1n) is 14.3. The van der Waals surface area contributed by atoms with E-state index < -0.39 is 0 Å². The van der Waals surface area contributed by atoms with Crippen LogP contribution >= 0.6 is 0 Å². The van der Waals surface area contributed by atoms with E-state index in [9.17, 15) is 10.1 Å². The van der Waals surface area contributed by atoms with Gasteiger partial charge >= 0.3 is 0 Å². The van der Waals surface area contributed by atoms with E-state index in [1.165, 1.54) is 18.4 Å². The normalized spacial score (nSPS) is 27.2. The number of likely N-dealkylation sites (tertiary alicyclic amines) is 1. The van der Waals surface area contributed by atoms with Crippen LogP contribution in [0.4, 0.5) is 17.5 Å². The molecule has 3 aliphatic heterocycles. The van der Waals surface area contributed by atoms with E-state index in [0.29, 0.717) is 11.5 Å². The summed E-state index contributed by atoms with van der Waals surface area (Å²) in [7, 11) is 0. The summed E-state index contributed by atoms with van der Waals surface area (Å²) in [5.41, 5.74) is 1.60. The number of nitrogens with zero attached hydrogens (tertiary/aromatic N) is 8. The number of carbonyl (C=O) groups excluding carboxylic acids is 1. The maximum atomic E-state index is 13.9. The van der Waals surface area contributed by atoms with E-state index in [4.69, 9.17) is 9.97 Å². The van der Waals surface area contributed by atoms with Crippen molar-refractivity contribution in [2.45, 2.75) is 81.8 Å². The summed E-state index contributed by atoms with van der Waals surface area (Å²) in [6, 6.07) is 6.11. The molecular weight excluding hydrogens is 476 g/mol. The topological polar surface area (TPSA) is 92.5 Å². The number of anilines is 3. The van der Waals surface area contributed by atoms with E-state index in [2.05, 4.69) is 44.5 Å². The Labute approximate surface area is 224 Å². The zero-order chi connectivity index (χ0) is 26.1. The van der Waals surface area contributed by atoms with E-state index in [1.807, 2.05) is 6.07 Å². The fraction of sp³-hybridized carbons (Fsp3) is 0.621. The highest BCUT2D eigenvalue weighted by atomic mass is 16.2. The Morgan fingerprint density at radius 3 is 2.39 bits per heavy atom. The van der Waals surface area contributed by atoms with Crippen LogP contribution in [-0.2, 0) is 10.2 Å². The van der Waals surface area contributed by atoms with Crippen molar-refractivity contribution in [2.24, 2.45) is 0 Å². The van der Waals surface area contributed by atoms with Gasteiger partial charge in [0.2, 0.25) is 5.91 Å². The number of fused-ring (bicyclic) bond motifs is 2. The van der Waals surface area contributed by atoms with Gasteiger partial charge in [0.05, 0.1) is 11.6 Å². The molecule has 2 aromatic rings. The van der Waals surface area contributed by atoms with Crippen molar-refractivity contribution in [1.82, 2.24) is 24.8 Å². The predicted octanol–water partition coefficient (Wildman–Crippen LogP) is 3.37. The highest BCUT2D eigenvalue weighted by Crippen LogP contribution is 2.56. The number of carbonyl (C=O) groups is 1. The summed E-state index contributed by atoms with van der Waals surface area (Å²) in [5.74, 6) is 3.05. The van der Waals surface area contributed by atoms with Gasteiger partial charge in [-0.1, -0.05) is 6.42 Å². The van der Waals surface area contributed by atoms with E-state index >= 15 is 0 Å². The molecule has 7 rings (SSSR count). The van der Waals surface area contributed by atoms with Gasteiger partial charge in [-0.05, 0) is 64.5 Å². The Hall–Kier alpha value is -3.25. The smallest absolute Gasteiger partial charge is 0.243 e. The molecule has 0 radical (unpaired) electrons. The van der Waals surface area contributed by atoms with Gasteiger partial charge in [0.15, 0.2) is 0 Å². The standard InChI is InChI=1S/C29H36N8O/c1-20-17-36(27(38)29(9-4-10-29)34-12-5-13-34)21(2)16-35(20)25-24-26(33-19-32-25)37(18-28(24)7-3-8-28)23-14-22(15-30)6-11-31-23/h6,11,14,19-21H,3-5,7-10,12-13,16-18H2,1-2H3/t20-,21+/m0/s1. The second-order valence-electron chi connectivity index (χ2n) is 12.2. The number of hydrogen-bond acceptors (Lipinski definition) is 8. The SMILES string of the molecule is C[C@@H]1CN(c2ncnc3c2C2(CCC2)CN3c2cc(C#N)ccn2)[C@@H](C)CN1C(=O)C1(N2CCC2)CCC1. The minimum atomic E-state index is -0.244. The quantitative estimate of drug-likeness (QED) is 0.616. The van der Waals surface area contributed by atoms with Crippen molar-refractivity contribution in [2.75, 3.05) is 42.5 Å². The van der Waals surface area contributed by atoms with Gasteiger partial charge in [-0.3, -0.25) is 9.69 Å². The van der Waals surface area contributed by atoms with Crippen LogP contribution < -0.4 is 9.80 Å². The number of hydrogen-bond donors (Lipinski definition) is 0. The van der Waals surface area contributed by atoms with Crippen molar-refractivity contribution < 1.29 is 4.79 Å². The number of nitriles is 1. The van der Waals surface area contributed by atoms with Gasteiger partial charge in [0, 0.05) is 62.0 Å². The summed E-state index contributed by atoms with van der Waals surface area (Å²) in [5, 5.41) is 9.45. The summed E-state index contributed by atoms with van der Waals surface area (Å²) < 4.78 is 0. The second kappa shape index (κ2) is 8.63. The van der Waals surface area contributed by atoms with Crippen LogP contribution in [0, 0.1) is 11.3 Å². The van der Waals surface area contributed by atoms with E-state index in [0.717, 1.165) is 82.3 Å². The van der Waals surface area contributed by atoms with Gasteiger partial charge in [-0.25, -0.2) is 15.0 Å². The van der Waals surface area contributed by atoms with Crippen molar-refractivity contribution in [3.8, 4) is 6.07 Å². The molecule has 2 aromatic heterocycles. The lowest BCUT2D eigenvalue weighted by molar-refractivity contribution is -0.158. The molecule has 0 aromatic carbocycles. The Balaban J connectivity index is 1.20. The van der Waals surface area contributed by atoms with Crippen LogP contribution in [-0.4, -0.2) is 81.0 Å². The zero-order valence-corrected chi connectivity index (χ0v) is 22.4. The second-order valence-corrected chi connectivity index (χ2v) is 12.2. The first kappa shape index (κ1) is 23.8. The first-order valence-corrected chi connectivity index (χ1v) is 14.3. The molecule has 9 heteroatoms.